The molecule has 1 saturated carbocycles. The van der Waals surface area contributed by atoms with Crippen LogP contribution >= 0.6 is 0 Å². The van der Waals surface area contributed by atoms with Gasteiger partial charge in [0.15, 0.2) is 5.82 Å². The highest BCUT2D eigenvalue weighted by atomic mass is 16.6. The highest BCUT2D eigenvalue weighted by Gasteiger charge is 2.37. The van der Waals surface area contributed by atoms with E-state index < -0.39 is 0 Å². The highest BCUT2D eigenvalue weighted by Crippen LogP contribution is 2.29. The first-order valence-corrected chi connectivity index (χ1v) is 11.4. The van der Waals surface area contributed by atoms with Crippen LogP contribution in [0.5, 0.6) is 0 Å². The molecule has 0 atom stereocenters. The van der Waals surface area contributed by atoms with Crippen molar-refractivity contribution >= 4 is 17.8 Å². The van der Waals surface area contributed by atoms with E-state index in [4.69, 9.17) is 9.72 Å². The number of likely N-dealkylation sites (N-methyl/N-ethyl adjacent to an activating group) is 1. The average molecular weight is 432 g/mol. The third-order valence-electron chi connectivity index (χ3n) is 6.76. The molecule has 9 heteroatoms. The molecule has 0 aromatic carbocycles. The number of hydrogen-bond donors (Lipinski definition) is 0. The van der Waals surface area contributed by atoms with Crippen molar-refractivity contribution in [3.05, 3.63) is 17.6 Å². The first-order chi connectivity index (χ1) is 15.1. The largest absolute Gasteiger partial charge is 0.467 e. The summed E-state index contributed by atoms with van der Waals surface area (Å²) in [5.74, 6) is 0.322. The second-order valence-electron chi connectivity index (χ2n) is 8.50. The fraction of sp³-hybridized carbons (Fsp3) is 0.727. The number of methoxy groups -OCH3 is 1. The minimum Gasteiger partial charge on any atom is -0.467 e. The van der Waals surface area contributed by atoms with Crippen LogP contribution in [0, 0.1) is 0 Å². The third kappa shape index (κ3) is 4.98. The zero-order chi connectivity index (χ0) is 21.8. The smallest absolute Gasteiger partial charge is 0.331 e. The normalized spacial score (nSPS) is 24.8. The van der Waals surface area contributed by atoms with Gasteiger partial charge in [0.05, 0.1) is 30.8 Å². The molecule has 31 heavy (non-hydrogen) atoms. The molecule has 1 aromatic heterocycles. The summed E-state index contributed by atoms with van der Waals surface area (Å²) >= 11 is 0. The van der Waals surface area contributed by atoms with Crippen molar-refractivity contribution in [2.75, 3.05) is 51.3 Å². The van der Waals surface area contributed by atoms with Crippen molar-refractivity contribution in [1.82, 2.24) is 19.8 Å². The van der Waals surface area contributed by atoms with E-state index in [1.54, 1.807) is 11.1 Å². The minimum absolute atomic E-state index is 0.00469. The minimum atomic E-state index is -0.350. The number of carbonyl (C=O) groups excluding carboxylic acids is 2. The lowest BCUT2D eigenvalue weighted by atomic mass is 9.92. The Balaban J connectivity index is 1.34. The summed E-state index contributed by atoms with van der Waals surface area (Å²) in [5.41, 5.74) is 2.09. The number of rotatable bonds is 6. The van der Waals surface area contributed by atoms with Crippen LogP contribution in [0.3, 0.4) is 0 Å². The average Bonchev–Trinajstić information content (AvgIpc) is 3.06. The number of esters is 1. The summed E-state index contributed by atoms with van der Waals surface area (Å²) in [6.45, 7) is 6.57. The number of urea groups is 1. The van der Waals surface area contributed by atoms with Gasteiger partial charge in [0.25, 0.3) is 0 Å². The van der Waals surface area contributed by atoms with Crippen LogP contribution in [0.15, 0.2) is 6.20 Å². The Bertz CT molecular complexity index is 796. The van der Waals surface area contributed by atoms with E-state index in [1.807, 2.05) is 4.90 Å². The van der Waals surface area contributed by atoms with E-state index in [0.29, 0.717) is 18.9 Å². The van der Waals surface area contributed by atoms with Gasteiger partial charge in [-0.15, -0.1) is 0 Å². The Morgan fingerprint density at radius 1 is 1.10 bits per heavy atom. The van der Waals surface area contributed by atoms with E-state index in [0.717, 1.165) is 69.5 Å². The molecule has 0 unspecified atom stereocenters. The fourth-order valence-corrected chi connectivity index (χ4v) is 4.81. The summed E-state index contributed by atoms with van der Waals surface area (Å²) in [6, 6.07) is 0.236. The van der Waals surface area contributed by atoms with E-state index >= 15 is 0 Å². The van der Waals surface area contributed by atoms with Gasteiger partial charge in [0.2, 0.25) is 0 Å². The van der Waals surface area contributed by atoms with Crippen LogP contribution in [0.4, 0.5) is 10.6 Å². The third-order valence-corrected chi connectivity index (χ3v) is 6.76. The van der Waals surface area contributed by atoms with Crippen LogP contribution in [-0.4, -0.2) is 90.4 Å². The van der Waals surface area contributed by atoms with Crippen LogP contribution in [0.2, 0.25) is 0 Å². The maximum absolute atomic E-state index is 13.2. The molecule has 2 fully saturated rings. The fourth-order valence-electron chi connectivity index (χ4n) is 4.81. The monoisotopic (exact) mass is 431 g/mol. The van der Waals surface area contributed by atoms with Crippen molar-refractivity contribution in [3.63, 3.8) is 0 Å². The second-order valence-corrected chi connectivity index (χ2v) is 8.50. The van der Waals surface area contributed by atoms with Crippen LogP contribution < -0.4 is 4.90 Å². The Morgan fingerprint density at radius 3 is 2.55 bits per heavy atom. The van der Waals surface area contributed by atoms with E-state index in [-0.39, 0.29) is 30.8 Å². The zero-order valence-corrected chi connectivity index (χ0v) is 18.6. The van der Waals surface area contributed by atoms with Gasteiger partial charge in [-0.2, -0.15) is 0 Å². The van der Waals surface area contributed by atoms with Crippen molar-refractivity contribution in [2.45, 2.75) is 57.6 Å². The van der Waals surface area contributed by atoms with E-state index in [1.165, 1.54) is 7.11 Å². The molecule has 2 amide bonds. The molecular formula is C22H33N5O4. The van der Waals surface area contributed by atoms with Crippen molar-refractivity contribution < 1.29 is 19.1 Å². The molecule has 3 heterocycles. The SMILES string of the molecule is CCN1CCc2ncc(N3CCN(C4CCC(OCC(=O)OC)CC4)C3=O)nc2CC1. The van der Waals surface area contributed by atoms with Gasteiger partial charge in [-0.05, 0) is 32.2 Å². The van der Waals surface area contributed by atoms with Crippen molar-refractivity contribution in [2.24, 2.45) is 0 Å². The quantitative estimate of drug-likeness (QED) is 0.633. The summed E-state index contributed by atoms with van der Waals surface area (Å²) in [4.78, 5) is 40.1. The lowest BCUT2D eigenvalue weighted by molar-refractivity contribution is -0.148. The van der Waals surface area contributed by atoms with E-state index in [2.05, 4.69) is 21.5 Å². The number of fused-ring (bicyclic) bond motifs is 1. The summed E-state index contributed by atoms with van der Waals surface area (Å²) in [6.07, 6.45) is 7.07. The molecule has 9 nitrogen and oxygen atoms in total. The zero-order valence-electron chi connectivity index (χ0n) is 18.6. The molecule has 1 saturated heterocycles. The first-order valence-electron chi connectivity index (χ1n) is 11.4. The molecule has 4 rings (SSSR count). The number of ether oxygens (including phenoxy) is 2. The molecule has 1 aromatic rings. The molecule has 3 aliphatic rings. The van der Waals surface area contributed by atoms with Gasteiger partial charge < -0.3 is 19.3 Å². The number of hydrogen-bond acceptors (Lipinski definition) is 7. The molecular weight excluding hydrogens is 398 g/mol. The molecule has 170 valence electrons. The predicted molar refractivity (Wildman–Crippen MR) is 115 cm³/mol. The van der Waals surface area contributed by atoms with E-state index in [9.17, 15) is 9.59 Å². The van der Waals surface area contributed by atoms with Gasteiger partial charge in [0, 0.05) is 45.1 Å². The van der Waals surface area contributed by atoms with Crippen LogP contribution in [0.25, 0.3) is 0 Å². The van der Waals surface area contributed by atoms with Gasteiger partial charge >= 0.3 is 12.0 Å². The Morgan fingerprint density at radius 2 is 1.84 bits per heavy atom. The molecule has 2 aliphatic heterocycles. The van der Waals surface area contributed by atoms with Crippen LogP contribution in [0.1, 0.15) is 44.0 Å². The maximum Gasteiger partial charge on any atom is 0.331 e. The Kier molecular flexibility index (Phi) is 7.02. The lowest BCUT2D eigenvalue weighted by Crippen LogP contribution is -2.42. The number of aromatic nitrogens is 2. The van der Waals surface area contributed by atoms with Gasteiger partial charge in [0.1, 0.15) is 6.61 Å². The second kappa shape index (κ2) is 9.91. The van der Waals surface area contributed by atoms with Gasteiger partial charge in [-0.25, -0.2) is 14.6 Å². The van der Waals surface area contributed by atoms with Crippen molar-refractivity contribution in [3.8, 4) is 0 Å². The predicted octanol–water partition coefficient (Wildman–Crippen LogP) is 1.64. The maximum atomic E-state index is 13.2. The van der Waals surface area contributed by atoms with Gasteiger partial charge in [-0.3, -0.25) is 9.88 Å². The Hall–Kier alpha value is -2.26. The number of amides is 2. The molecule has 0 bridgehead atoms. The lowest BCUT2D eigenvalue weighted by Gasteiger charge is -2.34. The molecule has 0 radical (unpaired) electrons. The molecule has 0 N–H and O–H groups in total. The standard InChI is InChI=1S/C22H33N5O4/c1-3-25-10-8-18-19(9-11-25)24-20(14-23-18)27-13-12-26(22(27)29)16-4-6-17(7-5-16)31-15-21(28)30-2/h14,16-17H,3-13,15H2,1-2H3. The number of carbonyl (C=O) groups is 2. The Labute approximate surface area is 183 Å². The number of anilines is 1. The topological polar surface area (TPSA) is 88.1 Å². The summed E-state index contributed by atoms with van der Waals surface area (Å²) in [5, 5.41) is 0. The summed E-state index contributed by atoms with van der Waals surface area (Å²) in [7, 11) is 1.36. The van der Waals surface area contributed by atoms with Crippen LogP contribution in [-0.2, 0) is 27.1 Å². The summed E-state index contributed by atoms with van der Waals surface area (Å²) < 4.78 is 10.3. The first kappa shape index (κ1) is 22.0. The highest BCUT2D eigenvalue weighted by molar-refractivity contribution is 5.93. The van der Waals surface area contributed by atoms with Crippen molar-refractivity contribution in [1.29, 1.82) is 0 Å². The van der Waals surface area contributed by atoms with Gasteiger partial charge in [-0.1, -0.05) is 6.92 Å². The number of nitrogens with zero attached hydrogens (tertiary/aromatic N) is 5. The molecule has 0 spiro atoms. The molecule has 1 aliphatic carbocycles.